The number of benzene rings is 8. The van der Waals surface area contributed by atoms with E-state index in [0.717, 1.165) is 39.6 Å². The topological polar surface area (TPSA) is 30.7 Å². The van der Waals surface area contributed by atoms with Crippen molar-refractivity contribution < 1.29 is 0 Å². The largest absolute Gasteiger partial charge is 0.309 e. The van der Waals surface area contributed by atoms with Crippen molar-refractivity contribution in [1.82, 2.24) is 14.5 Å². The second-order valence-corrected chi connectivity index (χ2v) is 17.0. The standard InChI is InChI=1S/C54H39N3/c1-53(2)43-22-12-9-18-36(43)37-26-25-34(30-45(37)53)52-55-50(49-41-21-10-13-23-44(41)54(3,4)51(49)56-52)40-27-28-47(38-19-8-7-17-35(38)40)57-46-24-14-11-20-39(46)42-29-32-15-5-6-16-33(32)31-48(42)57/h5-31H,1-4H3. The van der Waals surface area contributed by atoms with Crippen LogP contribution >= 0.6 is 0 Å². The van der Waals surface area contributed by atoms with Crippen LogP contribution in [0.1, 0.15) is 50.1 Å². The third kappa shape index (κ3) is 4.37. The summed E-state index contributed by atoms with van der Waals surface area (Å²) < 4.78 is 2.46. The van der Waals surface area contributed by atoms with E-state index in [9.17, 15) is 0 Å². The van der Waals surface area contributed by atoms with Crippen LogP contribution in [0.2, 0.25) is 0 Å². The van der Waals surface area contributed by atoms with Crippen molar-refractivity contribution in [3.8, 4) is 50.6 Å². The van der Waals surface area contributed by atoms with Gasteiger partial charge >= 0.3 is 0 Å². The van der Waals surface area contributed by atoms with Crippen LogP contribution in [0.4, 0.5) is 0 Å². The van der Waals surface area contributed by atoms with Crippen LogP contribution in [0, 0.1) is 0 Å². The van der Waals surface area contributed by atoms with E-state index in [1.165, 1.54) is 76.7 Å². The van der Waals surface area contributed by atoms with Gasteiger partial charge in [-0.2, -0.15) is 0 Å². The van der Waals surface area contributed by atoms with Crippen LogP contribution < -0.4 is 0 Å². The fraction of sp³-hybridized carbons (Fsp3) is 0.111. The van der Waals surface area contributed by atoms with E-state index < -0.39 is 0 Å². The van der Waals surface area contributed by atoms with Crippen molar-refractivity contribution in [2.45, 2.75) is 38.5 Å². The predicted molar refractivity (Wildman–Crippen MR) is 237 cm³/mol. The molecule has 0 aliphatic heterocycles. The van der Waals surface area contributed by atoms with Crippen molar-refractivity contribution in [2.75, 3.05) is 0 Å². The van der Waals surface area contributed by atoms with E-state index >= 15 is 0 Å². The summed E-state index contributed by atoms with van der Waals surface area (Å²) in [4.78, 5) is 11.1. The highest BCUT2D eigenvalue weighted by Gasteiger charge is 2.40. The van der Waals surface area contributed by atoms with Crippen LogP contribution in [0.25, 0.3) is 93.9 Å². The van der Waals surface area contributed by atoms with Crippen LogP contribution in [0.15, 0.2) is 164 Å². The molecule has 0 atom stereocenters. The number of fused-ring (bicyclic) bond motifs is 11. The maximum absolute atomic E-state index is 5.63. The second kappa shape index (κ2) is 11.4. The van der Waals surface area contributed by atoms with E-state index in [4.69, 9.17) is 9.97 Å². The summed E-state index contributed by atoms with van der Waals surface area (Å²) in [5.41, 5.74) is 16.3. The summed E-state index contributed by atoms with van der Waals surface area (Å²) in [5, 5.41) is 7.35. The van der Waals surface area contributed by atoms with Crippen LogP contribution in [0.5, 0.6) is 0 Å². The highest BCUT2D eigenvalue weighted by atomic mass is 15.0. The third-order valence-corrected chi connectivity index (χ3v) is 13.1. The molecule has 2 aliphatic carbocycles. The van der Waals surface area contributed by atoms with Gasteiger partial charge in [0.1, 0.15) is 0 Å². The summed E-state index contributed by atoms with van der Waals surface area (Å²) in [6.07, 6.45) is 0. The smallest absolute Gasteiger partial charge is 0.160 e. The zero-order valence-electron chi connectivity index (χ0n) is 32.4. The Balaban J connectivity index is 1.13. The lowest BCUT2D eigenvalue weighted by Gasteiger charge is -2.23. The Labute approximate surface area is 331 Å². The molecule has 8 aromatic carbocycles. The lowest BCUT2D eigenvalue weighted by atomic mass is 9.82. The first-order chi connectivity index (χ1) is 27.8. The Bertz CT molecular complexity index is 3360. The number of hydrogen-bond acceptors (Lipinski definition) is 2. The van der Waals surface area contributed by atoms with Gasteiger partial charge < -0.3 is 4.57 Å². The fourth-order valence-electron chi connectivity index (χ4n) is 10.3. The molecule has 0 unspecified atom stereocenters. The molecule has 0 bridgehead atoms. The second-order valence-electron chi connectivity index (χ2n) is 17.0. The van der Waals surface area contributed by atoms with Gasteiger partial charge in [0.25, 0.3) is 0 Å². The van der Waals surface area contributed by atoms with Gasteiger partial charge in [-0.25, -0.2) is 9.97 Å². The zero-order valence-corrected chi connectivity index (χ0v) is 32.4. The molecule has 2 aromatic heterocycles. The van der Waals surface area contributed by atoms with Crippen LogP contribution in [0.3, 0.4) is 0 Å². The maximum Gasteiger partial charge on any atom is 0.160 e. The average molecular weight is 730 g/mol. The molecule has 0 radical (unpaired) electrons. The number of para-hydroxylation sites is 1. The van der Waals surface area contributed by atoms with E-state index in [0.29, 0.717) is 0 Å². The summed E-state index contributed by atoms with van der Waals surface area (Å²) in [6, 6.07) is 60.2. The lowest BCUT2D eigenvalue weighted by Crippen LogP contribution is -2.18. The van der Waals surface area contributed by atoms with Gasteiger partial charge in [-0.3, -0.25) is 0 Å². The lowest BCUT2D eigenvalue weighted by molar-refractivity contribution is 0.636. The van der Waals surface area contributed by atoms with E-state index in [1.54, 1.807) is 0 Å². The van der Waals surface area contributed by atoms with Crippen LogP contribution in [-0.2, 0) is 10.8 Å². The van der Waals surface area contributed by atoms with Gasteiger partial charge in [0.15, 0.2) is 5.82 Å². The van der Waals surface area contributed by atoms with Gasteiger partial charge in [-0.05, 0) is 79.9 Å². The molecule has 0 fully saturated rings. The summed E-state index contributed by atoms with van der Waals surface area (Å²) in [6.45, 7) is 9.30. The van der Waals surface area contributed by atoms with Gasteiger partial charge in [0.05, 0.1) is 28.1 Å². The monoisotopic (exact) mass is 729 g/mol. The first kappa shape index (κ1) is 32.4. The number of aromatic nitrogens is 3. The molecule has 2 aliphatic rings. The molecular formula is C54H39N3. The quantitative estimate of drug-likeness (QED) is 0.181. The molecule has 10 aromatic rings. The minimum absolute atomic E-state index is 0.123. The fourth-order valence-corrected chi connectivity index (χ4v) is 10.3. The molecule has 57 heavy (non-hydrogen) atoms. The first-order valence-corrected chi connectivity index (χ1v) is 20.0. The van der Waals surface area contributed by atoms with Crippen molar-refractivity contribution in [3.05, 3.63) is 186 Å². The number of nitrogens with zero attached hydrogens (tertiary/aromatic N) is 3. The Morgan fingerprint density at radius 1 is 0.421 bits per heavy atom. The summed E-state index contributed by atoms with van der Waals surface area (Å²) in [7, 11) is 0. The molecular weight excluding hydrogens is 691 g/mol. The molecule has 0 spiro atoms. The van der Waals surface area contributed by atoms with Gasteiger partial charge in [0.2, 0.25) is 0 Å². The Morgan fingerprint density at radius 3 is 1.84 bits per heavy atom. The van der Waals surface area contributed by atoms with Crippen molar-refractivity contribution >= 4 is 43.4 Å². The SMILES string of the molecule is CC1(C)c2ccccc2-c2ccc(-c3nc(-c4ccc(-n5c6ccccc6c6cc7ccccc7cc65)c5ccccc45)c4c(n3)C(C)(C)c3ccccc3-4)cc21. The van der Waals surface area contributed by atoms with Crippen molar-refractivity contribution in [3.63, 3.8) is 0 Å². The number of rotatable bonds is 3. The van der Waals surface area contributed by atoms with E-state index in [-0.39, 0.29) is 10.8 Å². The molecule has 0 amide bonds. The highest BCUT2D eigenvalue weighted by molar-refractivity contribution is 6.15. The minimum Gasteiger partial charge on any atom is -0.309 e. The Morgan fingerprint density at radius 2 is 1.04 bits per heavy atom. The van der Waals surface area contributed by atoms with E-state index in [2.05, 4.69) is 196 Å². The van der Waals surface area contributed by atoms with E-state index in [1.807, 2.05) is 0 Å². The summed E-state index contributed by atoms with van der Waals surface area (Å²) >= 11 is 0. The minimum atomic E-state index is -0.300. The molecule has 3 nitrogen and oxygen atoms in total. The van der Waals surface area contributed by atoms with Crippen molar-refractivity contribution in [2.24, 2.45) is 0 Å². The normalized spacial score (nSPS) is 14.6. The molecule has 12 rings (SSSR count). The molecule has 2 heterocycles. The molecule has 3 heteroatoms. The Kier molecular flexibility index (Phi) is 6.46. The zero-order chi connectivity index (χ0) is 38.2. The molecule has 0 saturated heterocycles. The highest BCUT2D eigenvalue weighted by Crippen LogP contribution is 2.53. The number of hydrogen-bond donors (Lipinski definition) is 0. The Hall–Kier alpha value is -6.84. The average Bonchev–Trinajstić information content (AvgIpc) is 3.78. The molecule has 270 valence electrons. The maximum atomic E-state index is 5.63. The molecule has 0 N–H and O–H groups in total. The van der Waals surface area contributed by atoms with Crippen LogP contribution in [-0.4, -0.2) is 14.5 Å². The van der Waals surface area contributed by atoms with Gasteiger partial charge in [-0.1, -0.05) is 161 Å². The summed E-state index contributed by atoms with van der Waals surface area (Å²) in [5.74, 6) is 0.765. The molecule has 0 saturated carbocycles. The third-order valence-electron chi connectivity index (χ3n) is 13.1. The van der Waals surface area contributed by atoms with Crippen molar-refractivity contribution in [1.29, 1.82) is 0 Å². The first-order valence-electron chi connectivity index (χ1n) is 20.0. The van der Waals surface area contributed by atoms with Gasteiger partial charge in [0, 0.05) is 43.7 Å². The van der Waals surface area contributed by atoms with Gasteiger partial charge in [-0.15, -0.1) is 0 Å². The predicted octanol–water partition coefficient (Wildman–Crippen LogP) is 13.8.